The molecule has 1 aromatic rings. The predicted octanol–water partition coefficient (Wildman–Crippen LogP) is 1.82. The summed E-state index contributed by atoms with van der Waals surface area (Å²) < 4.78 is 5.07. The molecule has 1 heterocycles. The SMILES string of the molecule is C#CCOc1cc([N+](=O)[O-])cc(NCCC)n1. The number of terminal acetylenes is 1. The number of ether oxygens (including phenoxy) is 1. The number of hydrogen-bond acceptors (Lipinski definition) is 5. The zero-order valence-corrected chi connectivity index (χ0v) is 9.47. The number of nitrogens with zero attached hydrogens (tertiary/aromatic N) is 2. The van der Waals surface area contributed by atoms with Crippen molar-refractivity contribution in [2.45, 2.75) is 13.3 Å². The quantitative estimate of drug-likeness (QED) is 0.462. The van der Waals surface area contributed by atoms with Gasteiger partial charge < -0.3 is 10.1 Å². The minimum atomic E-state index is -0.498. The summed E-state index contributed by atoms with van der Waals surface area (Å²) in [7, 11) is 0. The van der Waals surface area contributed by atoms with Crippen molar-refractivity contribution in [3.8, 4) is 18.2 Å². The molecule has 17 heavy (non-hydrogen) atoms. The Bertz CT molecular complexity index is 440. The van der Waals surface area contributed by atoms with Gasteiger partial charge in [-0.3, -0.25) is 10.1 Å². The van der Waals surface area contributed by atoms with Crippen LogP contribution in [0.4, 0.5) is 11.5 Å². The lowest BCUT2D eigenvalue weighted by Gasteiger charge is -2.06. The lowest BCUT2D eigenvalue weighted by Crippen LogP contribution is -2.05. The van der Waals surface area contributed by atoms with E-state index in [4.69, 9.17) is 11.2 Å². The van der Waals surface area contributed by atoms with E-state index in [0.29, 0.717) is 12.4 Å². The normalized spacial score (nSPS) is 9.41. The maximum Gasteiger partial charge on any atom is 0.278 e. The van der Waals surface area contributed by atoms with Crippen LogP contribution in [0.3, 0.4) is 0 Å². The molecule has 1 aromatic heterocycles. The number of anilines is 1. The van der Waals surface area contributed by atoms with Crippen molar-refractivity contribution < 1.29 is 9.66 Å². The van der Waals surface area contributed by atoms with Crippen molar-refractivity contribution in [2.24, 2.45) is 0 Å². The Balaban J connectivity index is 2.93. The third-order valence-electron chi connectivity index (χ3n) is 1.86. The van der Waals surface area contributed by atoms with Gasteiger partial charge in [-0.2, -0.15) is 4.98 Å². The van der Waals surface area contributed by atoms with Gasteiger partial charge in [-0.1, -0.05) is 12.8 Å². The molecule has 0 saturated carbocycles. The summed E-state index contributed by atoms with van der Waals surface area (Å²) in [5.41, 5.74) is -0.0781. The molecule has 0 atom stereocenters. The number of hydrogen-bond donors (Lipinski definition) is 1. The van der Waals surface area contributed by atoms with E-state index in [2.05, 4.69) is 16.2 Å². The molecule has 0 aliphatic rings. The Morgan fingerprint density at radius 1 is 1.65 bits per heavy atom. The second kappa shape index (κ2) is 6.33. The van der Waals surface area contributed by atoms with Gasteiger partial charge in [0, 0.05) is 6.54 Å². The van der Waals surface area contributed by atoms with Crippen molar-refractivity contribution in [3.05, 3.63) is 22.2 Å². The average Bonchev–Trinajstić information content (AvgIpc) is 2.33. The molecule has 6 heteroatoms. The van der Waals surface area contributed by atoms with Crippen LogP contribution in [0.2, 0.25) is 0 Å². The van der Waals surface area contributed by atoms with Gasteiger partial charge in [0.1, 0.15) is 5.82 Å². The first-order chi connectivity index (χ1) is 8.17. The van der Waals surface area contributed by atoms with E-state index in [1.54, 1.807) is 0 Å². The Hall–Kier alpha value is -2.29. The summed E-state index contributed by atoms with van der Waals surface area (Å²) in [5, 5.41) is 13.7. The van der Waals surface area contributed by atoms with E-state index in [1.165, 1.54) is 12.1 Å². The molecule has 0 bridgehead atoms. The van der Waals surface area contributed by atoms with E-state index < -0.39 is 4.92 Å². The molecule has 0 aromatic carbocycles. The summed E-state index contributed by atoms with van der Waals surface area (Å²) in [6.07, 6.45) is 5.93. The third-order valence-corrected chi connectivity index (χ3v) is 1.86. The summed E-state index contributed by atoms with van der Waals surface area (Å²) in [5.74, 6) is 2.83. The van der Waals surface area contributed by atoms with Gasteiger partial charge >= 0.3 is 0 Å². The van der Waals surface area contributed by atoms with Gasteiger partial charge in [0.05, 0.1) is 17.1 Å². The average molecular weight is 235 g/mol. The zero-order chi connectivity index (χ0) is 12.7. The molecule has 90 valence electrons. The van der Waals surface area contributed by atoms with Crippen molar-refractivity contribution in [2.75, 3.05) is 18.5 Å². The summed E-state index contributed by atoms with van der Waals surface area (Å²) in [6, 6.07) is 2.60. The van der Waals surface area contributed by atoms with Crippen molar-refractivity contribution in [3.63, 3.8) is 0 Å². The highest BCUT2D eigenvalue weighted by atomic mass is 16.6. The maximum atomic E-state index is 10.7. The monoisotopic (exact) mass is 235 g/mol. The molecule has 0 radical (unpaired) electrons. The first-order valence-corrected chi connectivity index (χ1v) is 5.14. The molecular weight excluding hydrogens is 222 g/mol. The van der Waals surface area contributed by atoms with Crippen molar-refractivity contribution in [1.82, 2.24) is 4.98 Å². The molecule has 0 fully saturated rings. The molecule has 0 saturated heterocycles. The Morgan fingerprint density at radius 2 is 2.41 bits per heavy atom. The Kier molecular flexibility index (Phi) is 4.76. The predicted molar refractivity (Wildman–Crippen MR) is 64.0 cm³/mol. The van der Waals surface area contributed by atoms with Crippen LogP contribution in [0.25, 0.3) is 0 Å². The van der Waals surface area contributed by atoms with Crippen LogP contribution >= 0.6 is 0 Å². The van der Waals surface area contributed by atoms with Crippen LogP contribution in [0, 0.1) is 22.5 Å². The standard InChI is InChI=1S/C11H13N3O3/c1-3-5-12-10-7-9(14(15)16)8-11(13-10)17-6-4-2/h2,7-8H,3,5-6H2,1H3,(H,12,13). The van der Waals surface area contributed by atoms with Gasteiger partial charge in [-0.05, 0) is 6.42 Å². The summed E-state index contributed by atoms with van der Waals surface area (Å²) in [4.78, 5) is 14.3. The number of pyridine rings is 1. The summed E-state index contributed by atoms with van der Waals surface area (Å²) in [6.45, 7) is 2.70. The minimum Gasteiger partial charge on any atom is -0.464 e. The zero-order valence-electron chi connectivity index (χ0n) is 9.47. The molecule has 0 unspecified atom stereocenters. The highest BCUT2D eigenvalue weighted by Gasteiger charge is 2.11. The van der Waals surface area contributed by atoms with Crippen LogP contribution in [0.15, 0.2) is 12.1 Å². The van der Waals surface area contributed by atoms with Gasteiger partial charge in [0.25, 0.3) is 5.69 Å². The highest BCUT2D eigenvalue weighted by molar-refractivity contribution is 5.48. The summed E-state index contributed by atoms with van der Waals surface area (Å²) >= 11 is 0. The topological polar surface area (TPSA) is 77.3 Å². The molecule has 0 aliphatic heterocycles. The molecule has 0 aliphatic carbocycles. The first kappa shape index (κ1) is 12.8. The second-order valence-corrected chi connectivity index (χ2v) is 3.23. The van der Waals surface area contributed by atoms with Crippen LogP contribution < -0.4 is 10.1 Å². The second-order valence-electron chi connectivity index (χ2n) is 3.23. The van der Waals surface area contributed by atoms with E-state index in [0.717, 1.165) is 6.42 Å². The maximum absolute atomic E-state index is 10.7. The fraction of sp³-hybridized carbons (Fsp3) is 0.364. The first-order valence-electron chi connectivity index (χ1n) is 5.14. The third kappa shape index (κ3) is 3.99. The highest BCUT2D eigenvalue weighted by Crippen LogP contribution is 2.22. The van der Waals surface area contributed by atoms with E-state index in [-0.39, 0.29) is 18.2 Å². The van der Waals surface area contributed by atoms with Gasteiger partial charge in [-0.15, -0.1) is 6.42 Å². The number of nitrogens with one attached hydrogen (secondary N) is 1. The largest absolute Gasteiger partial charge is 0.464 e. The molecule has 6 nitrogen and oxygen atoms in total. The van der Waals surface area contributed by atoms with Gasteiger partial charge in [-0.25, -0.2) is 0 Å². The number of rotatable bonds is 6. The lowest BCUT2D eigenvalue weighted by atomic mass is 10.3. The van der Waals surface area contributed by atoms with Crippen molar-refractivity contribution >= 4 is 11.5 Å². The molecule has 0 amide bonds. The van der Waals surface area contributed by atoms with Crippen LogP contribution in [0.1, 0.15) is 13.3 Å². The fourth-order valence-electron chi connectivity index (χ4n) is 1.13. The van der Waals surface area contributed by atoms with Crippen LogP contribution in [-0.4, -0.2) is 23.1 Å². The van der Waals surface area contributed by atoms with Crippen LogP contribution in [0.5, 0.6) is 5.88 Å². The van der Waals surface area contributed by atoms with Crippen LogP contribution in [-0.2, 0) is 0 Å². The molecular formula is C11H13N3O3. The van der Waals surface area contributed by atoms with Gasteiger partial charge in [0.15, 0.2) is 6.61 Å². The van der Waals surface area contributed by atoms with E-state index in [1.807, 2.05) is 6.92 Å². The van der Waals surface area contributed by atoms with Crippen molar-refractivity contribution in [1.29, 1.82) is 0 Å². The fourth-order valence-corrected chi connectivity index (χ4v) is 1.13. The van der Waals surface area contributed by atoms with E-state index in [9.17, 15) is 10.1 Å². The Labute approximate surface area is 99.2 Å². The number of aromatic nitrogens is 1. The lowest BCUT2D eigenvalue weighted by molar-refractivity contribution is -0.384. The van der Waals surface area contributed by atoms with E-state index >= 15 is 0 Å². The molecule has 1 rings (SSSR count). The molecule has 0 spiro atoms. The number of nitro groups is 1. The molecule has 1 N–H and O–H groups in total. The van der Waals surface area contributed by atoms with Gasteiger partial charge in [0.2, 0.25) is 5.88 Å². The minimum absolute atomic E-state index is 0.0292. The Morgan fingerprint density at radius 3 is 3.00 bits per heavy atom. The smallest absolute Gasteiger partial charge is 0.278 e.